The smallest absolute Gasteiger partial charge is 0.222 e. The molecule has 1 amide bonds. The molecule has 1 heterocycles. The highest BCUT2D eigenvalue weighted by atomic mass is 16.2. The standard InChI is InChI=1S/C16H24N2O/c1-3-5-16(19)18-10-14(9-15(17)11-18)13-7-4-6-12(2)8-13/h4,6-8,14-15H,3,5,9-11,17H2,1-2H3. The van der Waals surface area contributed by atoms with Crippen molar-refractivity contribution in [3.05, 3.63) is 35.4 Å². The van der Waals surface area contributed by atoms with Crippen molar-refractivity contribution in [1.82, 2.24) is 4.90 Å². The maximum absolute atomic E-state index is 12.1. The van der Waals surface area contributed by atoms with Gasteiger partial charge in [0.25, 0.3) is 0 Å². The Morgan fingerprint density at radius 1 is 1.42 bits per heavy atom. The molecule has 2 rings (SSSR count). The van der Waals surface area contributed by atoms with Crippen LogP contribution < -0.4 is 5.73 Å². The molecule has 0 aromatic heterocycles. The molecule has 1 saturated heterocycles. The third-order valence-corrected chi connectivity index (χ3v) is 3.81. The number of likely N-dealkylation sites (tertiary alicyclic amines) is 1. The lowest BCUT2D eigenvalue weighted by Crippen LogP contribution is -2.48. The average Bonchev–Trinajstić information content (AvgIpc) is 2.38. The number of piperidine rings is 1. The summed E-state index contributed by atoms with van der Waals surface area (Å²) >= 11 is 0. The summed E-state index contributed by atoms with van der Waals surface area (Å²) in [5.74, 6) is 0.625. The summed E-state index contributed by atoms with van der Waals surface area (Å²) in [5.41, 5.74) is 8.71. The monoisotopic (exact) mass is 260 g/mol. The predicted octanol–water partition coefficient (Wildman–Crippen LogP) is 2.44. The summed E-state index contributed by atoms with van der Waals surface area (Å²) in [6.45, 7) is 5.67. The molecule has 1 aromatic rings. The van der Waals surface area contributed by atoms with Crippen LogP contribution in [0.3, 0.4) is 0 Å². The van der Waals surface area contributed by atoms with E-state index >= 15 is 0 Å². The van der Waals surface area contributed by atoms with Gasteiger partial charge in [0.2, 0.25) is 5.91 Å². The van der Waals surface area contributed by atoms with Crippen molar-refractivity contribution >= 4 is 5.91 Å². The molecule has 1 fully saturated rings. The Morgan fingerprint density at radius 2 is 2.21 bits per heavy atom. The number of carbonyl (C=O) groups is 1. The van der Waals surface area contributed by atoms with Crippen LogP contribution in [0.2, 0.25) is 0 Å². The normalized spacial score (nSPS) is 23.4. The van der Waals surface area contributed by atoms with Gasteiger partial charge in [-0.15, -0.1) is 0 Å². The van der Waals surface area contributed by atoms with Crippen LogP contribution in [-0.2, 0) is 4.79 Å². The van der Waals surface area contributed by atoms with Gasteiger partial charge in [0.1, 0.15) is 0 Å². The number of carbonyl (C=O) groups excluding carboxylic acids is 1. The summed E-state index contributed by atoms with van der Waals surface area (Å²) in [6, 6.07) is 8.65. The van der Waals surface area contributed by atoms with E-state index in [-0.39, 0.29) is 11.9 Å². The Hall–Kier alpha value is -1.35. The molecule has 0 spiro atoms. The van der Waals surface area contributed by atoms with E-state index in [9.17, 15) is 4.79 Å². The van der Waals surface area contributed by atoms with Crippen LogP contribution in [0.5, 0.6) is 0 Å². The van der Waals surface area contributed by atoms with Gasteiger partial charge in [0.05, 0.1) is 0 Å². The highest BCUT2D eigenvalue weighted by molar-refractivity contribution is 5.76. The second kappa shape index (κ2) is 6.20. The molecule has 19 heavy (non-hydrogen) atoms. The van der Waals surface area contributed by atoms with Crippen LogP contribution in [0, 0.1) is 6.92 Å². The lowest BCUT2D eigenvalue weighted by molar-refractivity contribution is -0.132. The highest BCUT2D eigenvalue weighted by Gasteiger charge is 2.28. The molecule has 3 nitrogen and oxygen atoms in total. The minimum Gasteiger partial charge on any atom is -0.341 e. The second-order valence-electron chi connectivity index (χ2n) is 5.66. The van der Waals surface area contributed by atoms with Crippen molar-refractivity contribution in [2.45, 2.75) is 45.1 Å². The fourth-order valence-electron chi connectivity index (χ4n) is 2.88. The van der Waals surface area contributed by atoms with Crippen molar-refractivity contribution in [3.8, 4) is 0 Å². The fourth-order valence-corrected chi connectivity index (χ4v) is 2.88. The summed E-state index contributed by atoms with van der Waals surface area (Å²) < 4.78 is 0. The lowest BCUT2D eigenvalue weighted by Gasteiger charge is -2.36. The quantitative estimate of drug-likeness (QED) is 0.907. The van der Waals surface area contributed by atoms with Crippen LogP contribution in [0.15, 0.2) is 24.3 Å². The van der Waals surface area contributed by atoms with Gasteiger partial charge < -0.3 is 10.6 Å². The Morgan fingerprint density at radius 3 is 2.89 bits per heavy atom. The van der Waals surface area contributed by atoms with Crippen molar-refractivity contribution in [2.24, 2.45) is 5.73 Å². The summed E-state index contributed by atoms with van der Waals surface area (Å²) in [5, 5.41) is 0. The first kappa shape index (κ1) is 14.1. The number of hydrogen-bond acceptors (Lipinski definition) is 2. The molecule has 2 unspecified atom stereocenters. The zero-order valence-corrected chi connectivity index (χ0v) is 11.9. The Bertz CT molecular complexity index is 444. The van der Waals surface area contributed by atoms with Crippen LogP contribution in [0.4, 0.5) is 0 Å². The summed E-state index contributed by atoms with van der Waals surface area (Å²) in [4.78, 5) is 14.0. The molecule has 0 aliphatic carbocycles. The number of nitrogens with zero attached hydrogens (tertiary/aromatic N) is 1. The number of amides is 1. The molecule has 0 radical (unpaired) electrons. The minimum atomic E-state index is 0.0973. The fraction of sp³-hybridized carbons (Fsp3) is 0.562. The van der Waals surface area contributed by atoms with Gasteiger partial charge in [-0.25, -0.2) is 0 Å². The molecule has 0 saturated carbocycles. The van der Waals surface area contributed by atoms with Crippen molar-refractivity contribution in [3.63, 3.8) is 0 Å². The van der Waals surface area contributed by atoms with Crippen molar-refractivity contribution in [2.75, 3.05) is 13.1 Å². The Balaban J connectivity index is 2.11. The molecule has 104 valence electrons. The van der Waals surface area contributed by atoms with E-state index in [2.05, 4.69) is 31.2 Å². The van der Waals surface area contributed by atoms with E-state index in [1.54, 1.807) is 0 Å². The maximum atomic E-state index is 12.1. The first-order chi connectivity index (χ1) is 9.10. The summed E-state index contributed by atoms with van der Waals surface area (Å²) in [7, 11) is 0. The van der Waals surface area contributed by atoms with Crippen LogP contribution in [0.25, 0.3) is 0 Å². The third kappa shape index (κ3) is 3.57. The van der Waals surface area contributed by atoms with Crippen LogP contribution in [-0.4, -0.2) is 29.9 Å². The van der Waals surface area contributed by atoms with Gasteiger partial charge >= 0.3 is 0 Å². The molecule has 1 aliphatic rings. The van der Waals surface area contributed by atoms with E-state index in [0.717, 1.165) is 19.4 Å². The molecule has 1 aliphatic heterocycles. The van der Waals surface area contributed by atoms with Gasteiger partial charge in [-0.05, 0) is 25.3 Å². The molecule has 1 aromatic carbocycles. The molecular weight excluding hydrogens is 236 g/mol. The number of aryl methyl sites for hydroxylation is 1. The zero-order chi connectivity index (χ0) is 13.8. The Labute approximate surface area is 115 Å². The summed E-state index contributed by atoms with van der Waals surface area (Å²) in [6.07, 6.45) is 2.51. The van der Waals surface area contributed by atoms with Crippen molar-refractivity contribution < 1.29 is 4.79 Å². The Kier molecular flexibility index (Phi) is 4.59. The molecule has 2 atom stereocenters. The van der Waals surface area contributed by atoms with E-state index in [0.29, 0.717) is 18.9 Å². The number of hydrogen-bond donors (Lipinski definition) is 1. The third-order valence-electron chi connectivity index (χ3n) is 3.81. The predicted molar refractivity (Wildman–Crippen MR) is 78.0 cm³/mol. The zero-order valence-electron chi connectivity index (χ0n) is 11.9. The van der Waals surface area contributed by atoms with Gasteiger partial charge in [0, 0.05) is 31.5 Å². The van der Waals surface area contributed by atoms with Gasteiger partial charge in [0.15, 0.2) is 0 Å². The van der Waals surface area contributed by atoms with E-state index in [1.807, 2.05) is 11.8 Å². The first-order valence-electron chi connectivity index (χ1n) is 7.20. The molecule has 0 bridgehead atoms. The molecular formula is C16H24N2O. The number of rotatable bonds is 3. The number of benzene rings is 1. The largest absolute Gasteiger partial charge is 0.341 e. The number of nitrogens with two attached hydrogens (primary N) is 1. The van der Waals surface area contributed by atoms with E-state index < -0.39 is 0 Å². The minimum absolute atomic E-state index is 0.0973. The molecule has 2 N–H and O–H groups in total. The maximum Gasteiger partial charge on any atom is 0.222 e. The highest BCUT2D eigenvalue weighted by Crippen LogP contribution is 2.27. The van der Waals surface area contributed by atoms with Gasteiger partial charge in [-0.1, -0.05) is 36.8 Å². The second-order valence-corrected chi connectivity index (χ2v) is 5.66. The SMILES string of the molecule is CCCC(=O)N1CC(N)CC(c2cccc(C)c2)C1. The van der Waals surface area contributed by atoms with E-state index in [1.165, 1.54) is 11.1 Å². The van der Waals surface area contributed by atoms with Crippen LogP contribution >= 0.6 is 0 Å². The average molecular weight is 260 g/mol. The van der Waals surface area contributed by atoms with Crippen LogP contribution in [0.1, 0.15) is 43.2 Å². The molecule has 3 heteroatoms. The van der Waals surface area contributed by atoms with Crippen molar-refractivity contribution in [1.29, 1.82) is 0 Å². The van der Waals surface area contributed by atoms with E-state index in [4.69, 9.17) is 5.73 Å². The van der Waals surface area contributed by atoms with Gasteiger partial charge in [-0.2, -0.15) is 0 Å². The van der Waals surface area contributed by atoms with Gasteiger partial charge in [-0.3, -0.25) is 4.79 Å². The lowest BCUT2D eigenvalue weighted by atomic mass is 9.87. The topological polar surface area (TPSA) is 46.3 Å². The first-order valence-corrected chi connectivity index (χ1v) is 7.20.